The molecule has 0 bridgehead atoms. The number of piperidine rings is 1. The van der Waals surface area contributed by atoms with Crippen molar-refractivity contribution in [3.8, 4) is 11.5 Å². The maximum atomic E-state index is 6.86. The van der Waals surface area contributed by atoms with E-state index in [2.05, 4.69) is 38.2 Å². The van der Waals surface area contributed by atoms with Gasteiger partial charge in [-0.15, -0.1) is 0 Å². The van der Waals surface area contributed by atoms with Crippen molar-refractivity contribution in [2.24, 2.45) is 5.92 Å². The molecule has 2 fully saturated rings. The van der Waals surface area contributed by atoms with E-state index in [-0.39, 0.29) is 17.3 Å². The van der Waals surface area contributed by atoms with E-state index in [9.17, 15) is 0 Å². The van der Waals surface area contributed by atoms with E-state index in [4.69, 9.17) is 14.2 Å². The van der Waals surface area contributed by atoms with Crippen LogP contribution in [0.5, 0.6) is 11.5 Å². The van der Waals surface area contributed by atoms with Gasteiger partial charge in [0, 0.05) is 36.3 Å². The van der Waals surface area contributed by atoms with Gasteiger partial charge in [-0.25, -0.2) is 0 Å². The van der Waals surface area contributed by atoms with Crippen LogP contribution in [0.25, 0.3) is 0 Å². The van der Waals surface area contributed by atoms with Gasteiger partial charge in [-0.2, -0.15) is 0 Å². The largest absolute Gasteiger partial charge is 0.483 e. The molecule has 2 saturated heterocycles. The fourth-order valence-electron chi connectivity index (χ4n) is 5.38. The zero-order chi connectivity index (χ0) is 17.2. The van der Waals surface area contributed by atoms with Crippen LogP contribution in [0.2, 0.25) is 0 Å². The summed E-state index contributed by atoms with van der Waals surface area (Å²) in [6.45, 7) is 8.56. The highest BCUT2D eigenvalue weighted by atomic mass is 16.6. The standard InChI is InChI=1S/C21H29NO3/c1-13-4-7-16-18(23-13)15-6-5-14-12-20(2,3)24-17(14)19(15)25-21(16)8-10-22-11-9-21/h5-6,13,16,18,22H,4,7-12H2,1-3H3/t13-,16-,18+/m1/s1. The molecule has 4 heteroatoms. The van der Waals surface area contributed by atoms with E-state index in [1.54, 1.807) is 0 Å². The second-order valence-electron chi connectivity index (χ2n) is 8.98. The quantitative estimate of drug-likeness (QED) is 0.778. The van der Waals surface area contributed by atoms with Crippen molar-refractivity contribution in [3.05, 3.63) is 23.3 Å². The molecule has 0 amide bonds. The van der Waals surface area contributed by atoms with E-state index < -0.39 is 0 Å². The van der Waals surface area contributed by atoms with Gasteiger partial charge in [0.25, 0.3) is 0 Å². The molecule has 1 N–H and O–H groups in total. The van der Waals surface area contributed by atoms with Gasteiger partial charge in [-0.1, -0.05) is 12.1 Å². The molecule has 0 aromatic heterocycles. The van der Waals surface area contributed by atoms with Crippen molar-refractivity contribution in [1.29, 1.82) is 0 Å². The third-order valence-corrected chi connectivity index (χ3v) is 6.58. The van der Waals surface area contributed by atoms with Gasteiger partial charge >= 0.3 is 0 Å². The second kappa shape index (κ2) is 5.37. The minimum atomic E-state index is -0.153. The summed E-state index contributed by atoms with van der Waals surface area (Å²) in [7, 11) is 0. The van der Waals surface area contributed by atoms with Crippen molar-refractivity contribution < 1.29 is 14.2 Å². The first-order chi connectivity index (χ1) is 12.0. The Morgan fingerprint density at radius 1 is 1.04 bits per heavy atom. The molecule has 0 saturated carbocycles. The third kappa shape index (κ3) is 2.41. The molecule has 5 rings (SSSR count). The molecule has 0 aliphatic carbocycles. The topological polar surface area (TPSA) is 39.7 Å². The molecular weight excluding hydrogens is 314 g/mol. The van der Waals surface area contributed by atoms with E-state index in [1.165, 1.54) is 17.5 Å². The van der Waals surface area contributed by atoms with Gasteiger partial charge in [0.05, 0.1) is 12.2 Å². The Hall–Kier alpha value is -1.26. The second-order valence-corrected chi connectivity index (χ2v) is 8.98. The van der Waals surface area contributed by atoms with E-state index in [0.717, 1.165) is 50.3 Å². The molecule has 4 aliphatic heterocycles. The lowest BCUT2D eigenvalue weighted by Gasteiger charge is -2.53. The Kier molecular flexibility index (Phi) is 3.43. The van der Waals surface area contributed by atoms with E-state index in [0.29, 0.717) is 12.0 Å². The number of hydrogen-bond donors (Lipinski definition) is 1. The fraction of sp³-hybridized carbons (Fsp3) is 0.714. The lowest BCUT2D eigenvalue weighted by Crippen LogP contribution is -2.57. The predicted molar refractivity (Wildman–Crippen MR) is 96.3 cm³/mol. The summed E-state index contributed by atoms with van der Waals surface area (Å²) >= 11 is 0. The lowest BCUT2D eigenvalue weighted by molar-refractivity contribution is -0.164. The number of hydrogen-bond acceptors (Lipinski definition) is 4. The van der Waals surface area contributed by atoms with Gasteiger partial charge in [-0.3, -0.25) is 0 Å². The summed E-state index contributed by atoms with van der Waals surface area (Å²) in [5, 5.41) is 3.50. The summed E-state index contributed by atoms with van der Waals surface area (Å²) < 4.78 is 19.7. The Morgan fingerprint density at radius 3 is 2.64 bits per heavy atom. The normalized spacial score (nSPS) is 34.4. The first-order valence-electron chi connectivity index (χ1n) is 9.87. The van der Waals surface area contributed by atoms with Crippen molar-refractivity contribution in [1.82, 2.24) is 5.32 Å². The van der Waals surface area contributed by atoms with E-state index in [1.807, 2.05) is 0 Å². The smallest absolute Gasteiger partial charge is 0.168 e. The SMILES string of the molecule is C[C@@H]1CC[C@@H]2[C@@H](O1)c1ccc3c(c1OC21CCNCC1)OC(C)(C)C3. The molecule has 4 nitrogen and oxygen atoms in total. The van der Waals surface area contributed by atoms with Crippen molar-refractivity contribution in [2.45, 2.75) is 76.3 Å². The Balaban J connectivity index is 1.63. The number of ether oxygens (including phenoxy) is 3. The van der Waals surface area contributed by atoms with Gasteiger partial charge in [0.2, 0.25) is 0 Å². The summed E-state index contributed by atoms with van der Waals surface area (Å²) in [6, 6.07) is 4.47. The average molecular weight is 343 g/mol. The van der Waals surface area contributed by atoms with Crippen LogP contribution < -0.4 is 14.8 Å². The molecule has 4 aliphatic rings. The molecule has 25 heavy (non-hydrogen) atoms. The third-order valence-electron chi connectivity index (χ3n) is 6.58. The highest BCUT2D eigenvalue weighted by Crippen LogP contribution is 2.57. The van der Waals surface area contributed by atoms with Crippen LogP contribution >= 0.6 is 0 Å². The van der Waals surface area contributed by atoms with Crippen molar-refractivity contribution in [3.63, 3.8) is 0 Å². The highest BCUT2D eigenvalue weighted by molar-refractivity contribution is 5.57. The first kappa shape index (κ1) is 16.0. The maximum Gasteiger partial charge on any atom is 0.168 e. The van der Waals surface area contributed by atoms with Gasteiger partial charge < -0.3 is 19.5 Å². The molecule has 0 radical (unpaired) electrons. The number of rotatable bonds is 0. The first-order valence-corrected chi connectivity index (χ1v) is 9.87. The van der Waals surface area contributed by atoms with E-state index >= 15 is 0 Å². The Morgan fingerprint density at radius 2 is 1.84 bits per heavy atom. The molecule has 4 heterocycles. The minimum absolute atomic E-state index is 0.103. The maximum absolute atomic E-state index is 6.86. The van der Waals surface area contributed by atoms with Crippen molar-refractivity contribution in [2.75, 3.05) is 13.1 Å². The highest BCUT2D eigenvalue weighted by Gasteiger charge is 2.54. The summed E-state index contributed by atoms with van der Waals surface area (Å²) in [4.78, 5) is 0. The fourth-order valence-corrected chi connectivity index (χ4v) is 5.38. The molecule has 3 atom stereocenters. The van der Waals surface area contributed by atoms with Crippen LogP contribution in [0.3, 0.4) is 0 Å². The molecule has 136 valence electrons. The number of fused-ring (bicyclic) bond motifs is 6. The number of nitrogens with one attached hydrogen (secondary N) is 1. The minimum Gasteiger partial charge on any atom is -0.483 e. The zero-order valence-electron chi connectivity index (χ0n) is 15.6. The summed E-state index contributed by atoms with van der Waals surface area (Å²) in [5.74, 6) is 2.40. The zero-order valence-corrected chi connectivity index (χ0v) is 15.6. The summed E-state index contributed by atoms with van der Waals surface area (Å²) in [5.41, 5.74) is 2.22. The van der Waals surface area contributed by atoms with Crippen LogP contribution in [0.4, 0.5) is 0 Å². The summed E-state index contributed by atoms with van der Waals surface area (Å²) in [6.07, 6.45) is 5.83. The molecule has 1 spiro atoms. The van der Waals surface area contributed by atoms with Crippen LogP contribution in [-0.2, 0) is 11.2 Å². The van der Waals surface area contributed by atoms with Crippen LogP contribution in [0.1, 0.15) is 63.7 Å². The van der Waals surface area contributed by atoms with Crippen LogP contribution in [0, 0.1) is 5.92 Å². The molecule has 0 unspecified atom stereocenters. The van der Waals surface area contributed by atoms with Crippen LogP contribution in [0.15, 0.2) is 12.1 Å². The lowest BCUT2D eigenvalue weighted by atomic mass is 9.69. The monoisotopic (exact) mass is 343 g/mol. The van der Waals surface area contributed by atoms with Crippen molar-refractivity contribution >= 4 is 0 Å². The Labute approximate surface area is 150 Å². The molecule has 1 aromatic carbocycles. The average Bonchev–Trinajstić information content (AvgIpc) is 2.90. The molecular formula is C21H29NO3. The van der Waals surface area contributed by atoms with Gasteiger partial charge in [0.1, 0.15) is 11.2 Å². The number of benzene rings is 1. The Bertz CT molecular complexity index is 693. The molecule has 1 aromatic rings. The van der Waals surface area contributed by atoms with Gasteiger partial charge in [0.15, 0.2) is 11.5 Å². The predicted octanol–water partition coefficient (Wildman–Crippen LogP) is 3.77. The van der Waals surface area contributed by atoms with Gasteiger partial charge in [-0.05, 0) is 46.7 Å². The van der Waals surface area contributed by atoms with Crippen LogP contribution in [-0.4, -0.2) is 30.4 Å².